The van der Waals surface area contributed by atoms with Gasteiger partial charge in [-0.1, -0.05) is 25.0 Å². The number of hydrogen-bond acceptors (Lipinski definition) is 8. The summed E-state index contributed by atoms with van der Waals surface area (Å²) in [5, 5.41) is 13.6. The molecule has 10 heteroatoms. The van der Waals surface area contributed by atoms with Gasteiger partial charge in [0.2, 0.25) is 6.79 Å². The Labute approximate surface area is 207 Å². The summed E-state index contributed by atoms with van der Waals surface area (Å²) in [4.78, 5) is 18.9. The van der Waals surface area contributed by atoms with Crippen LogP contribution in [-0.2, 0) is 6.54 Å². The molecule has 36 heavy (non-hydrogen) atoms. The van der Waals surface area contributed by atoms with Crippen LogP contribution >= 0.6 is 0 Å². The quantitative estimate of drug-likeness (QED) is 0.441. The van der Waals surface area contributed by atoms with Crippen molar-refractivity contribution in [2.75, 3.05) is 27.0 Å². The maximum Gasteiger partial charge on any atom is 0.253 e. The van der Waals surface area contributed by atoms with Crippen LogP contribution in [0, 0.1) is 0 Å². The third-order valence-electron chi connectivity index (χ3n) is 6.96. The van der Waals surface area contributed by atoms with Crippen LogP contribution in [0.15, 0.2) is 47.3 Å². The molecular formula is C26H28N6O4. The van der Waals surface area contributed by atoms with Gasteiger partial charge in [-0.3, -0.25) is 9.69 Å². The number of likely N-dealkylation sites (tertiary alicyclic amines) is 1. The fourth-order valence-electron chi connectivity index (χ4n) is 5.09. The van der Waals surface area contributed by atoms with Crippen molar-refractivity contribution in [2.24, 2.45) is 0 Å². The zero-order valence-corrected chi connectivity index (χ0v) is 20.1. The molecular weight excluding hydrogens is 460 g/mol. The molecule has 2 aliphatic heterocycles. The SMILES string of the molecule is COc1ccc(Cn2nnnc2C(c2cc3cc4c(cc3[nH]c2=O)OCO4)N2CCCCCC2)cc1. The molecule has 1 unspecified atom stereocenters. The second-order valence-electron chi connectivity index (χ2n) is 9.24. The normalized spacial score (nSPS) is 16.7. The van der Waals surface area contributed by atoms with Gasteiger partial charge in [0, 0.05) is 17.0 Å². The number of ether oxygens (including phenoxy) is 3. The molecule has 2 aromatic carbocycles. The minimum atomic E-state index is -0.380. The molecule has 4 aromatic rings. The number of nitrogens with one attached hydrogen (secondary N) is 1. The molecule has 4 heterocycles. The maximum absolute atomic E-state index is 13.5. The first-order valence-electron chi connectivity index (χ1n) is 12.3. The van der Waals surface area contributed by atoms with Gasteiger partial charge in [0.15, 0.2) is 17.3 Å². The van der Waals surface area contributed by atoms with Crippen LogP contribution in [0.4, 0.5) is 0 Å². The molecule has 0 bridgehead atoms. The van der Waals surface area contributed by atoms with Crippen LogP contribution in [0.2, 0.25) is 0 Å². The Morgan fingerprint density at radius 1 is 1.03 bits per heavy atom. The van der Waals surface area contributed by atoms with Gasteiger partial charge >= 0.3 is 0 Å². The van der Waals surface area contributed by atoms with Crippen LogP contribution < -0.4 is 19.8 Å². The van der Waals surface area contributed by atoms with Gasteiger partial charge in [-0.2, -0.15) is 0 Å². The van der Waals surface area contributed by atoms with Crippen molar-refractivity contribution in [2.45, 2.75) is 38.3 Å². The van der Waals surface area contributed by atoms with Crippen molar-refractivity contribution in [1.29, 1.82) is 0 Å². The summed E-state index contributed by atoms with van der Waals surface area (Å²) in [5.41, 5.74) is 2.21. The zero-order chi connectivity index (χ0) is 24.5. The van der Waals surface area contributed by atoms with Crippen LogP contribution in [0.1, 0.15) is 48.7 Å². The molecule has 0 aliphatic carbocycles. The Hall–Kier alpha value is -3.92. The Balaban J connectivity index is 1.44. The van der Waals surface area contributed by atoms with E-state index in [4.69, 9.17) is 14.2 Å². The number of H-pyrrole nitrogens is 1. The minimum absolute atomic E-state index is 0.158. The second kappa shape index (κ2) is 9.62. The summed E-state index contributed by atoms with van der Waals surface area (Å²) in [7, 11) is 1.65. The average Bonchev–Trinajstić information content (AvgIpc) is 3.45. The van der Waals surface area contributed by atoms with Gasteiger partial charge in [-0.05, 0) is 66.2 Å². The van der Waals surface area contributed by atoms with E-state index in [1.807, 2.05) is 42.5 Å². The number of aromatic nitrogens is 5. The summed E-state index contributed by atoms with van der Waals surface area (Å²) in [6.45, 7) is 2.41. The smallest absolute Gasteiger partial charge is 0.253 e. The largest absolute Gasteiger partial charge is 0.497 e. The average molecular weight is 489 g/mol. The Bertz CT molecular complexity index is 1420. The lowest BCUT2D eigenvalue weighted by atomic mass is 10.0. The fourth-order valence-corrected chi connectivity index (χ4v) is 5.09. The third kappa shape index (κ3) is 4.28. The van der Waals surface area contributed by atoms with E-state index in [0.717, 1.165) is 42.6 Å². The maximum atomic E-state index is 13.5. The molecule has 2 aliphatic rings. The standard InChI is InChI=1S/C26H28N6O4/c1-34-19-8-6-17(7-9-19)15-32-25(28-29-30-32)24(31-10-4-2-3-5-11-31)20-12-18-13-22-23(36-16-35-22)14-21(18)27-26(20)33/h6-9,12-14,24H,2-5,10-11,15-16H2,1H3,(H,27,33). The lowest BCUT2D eigenvalue weighted by Crippen LogP contribution is -2.36. The summed E-state index contributed by atoms with van der Waals surface area (Å²) in [6.07, 6.45) is 4.50. The van der Waals surface area contributed by atoms with E-state index in [2.05, 4.69) is 25.4 Å². The number of nitrogens with zero attached hydrogens (tertiary/aromatic N) is 5. The summed E-state index contributed by atoms with van der Waals surface area (Å²) in [6, 6.07) is 13.1. The molecule has 186 valence electrons. The van der Waals surface area contributed by atoms with Crippen LogP contribution in [0.3, 0.4) is 0 Å². The van der Waals surface area contributed by atoms with Crippen molar-refractivity contribution in [3.8, 4) is 17.2 Å². The molecule has 1 saturated heterocycles. The zero-order valence-electron chi connectivity index (χ0n) is 20.1. The predicted octanol–water partition coefficient (Wildman–Crippen LogP) is 3.27. The number of tetrazole rings is 1. The van der Waals surface area contributed by atoms with E-state index in [-0.39, 0.29) is 18.4 Å². The highest BCUT2D eigenvalue weighted by atomic mass is 16.7. The van der Waals surface area contributed by atoms with Crippen molar-refractivity contribution >= 4 is 10.9 Å². The highest BCUT2D eigenvalue weighted by Gasteiger charge is 2.31. The van der Waals surface area contributed by atoms with Crippen LogP contribution in [-0.4, -0.2) is 57.1 Å². The molecule has 2 aromatic heterocycles. The van der Waals surface area contributed by atoms with Gasteiger partial charge in [0.1, 0.15) is 11.8 Å². The van der Waals surface area contributed by atoms with Gasteiger partial charge in [-0.25, -0.2) is 4.68 Å². The molecule has 1 N–H and O–H groups in total. The van der Waals surface area contributed by atoms with Crippen molar-refractivity contribution < 1.29 is 14.2 Å². The third-order valence-corrected chi connectivity index (χ3v) is 6.96. The van der Waals surface area contributed by atoms with Gasteiger partial charge in [0.05, 0.1) is 19.2 Å². The number of rotatable bonds is 6. The Morgan fingerprint density at radius 2 is 1.78 bits per heavy atom. The number of hydrogen-bond donors (Lipinski definition) is 1. The second-order valence-corrected chi connectivity index (χ2v) is 9.24. The lowest BCUT2D eigenvalue weighted by Gasteiger charge is -2.29. The molecule has 0 amide bonds. The van der Waals surface area contributed by atoms with Gasteiger partial charge in [-0.15, -0.1) is 5.10 Å². The first kappa shape index (κ1) is 22.5. The Morgan fingerprint density at radius 3 is 2.53 bits per heavy atom. The van der Waals surface area contributed by atoms with Crippen molar-refractivity contribution in [3.05, 3.63) is 69.8 Å². The van der Waals surface area contributed by atoms with Crippen LogP contribution in [0.25, 0.3) is 10.9 Å². The Kier molecular flexibility index (Phi) is 6.02. The van der Waals surface area contributed by atoms with E-state index in [9.17, 15) is 4.79 Å². The molecule has 10 nitrogen and oxygen atoms in total. The molecule has 1 fully saturated rings. The molecule has 0 spiro atoms. The minimum Gasteiger partial charge on any atom is -0.497 e. The highest BCUT2D eigenvalue weighted by molar-refractivity contribution is 5.83. The van der Waals surface area contributed by atoms with E-state index in [0.29, 0.717) is 34.9 Å². The predicted molar refractivity (Wildman–Crippen MR) is 132 cm³/mol. The summed E-state index contributed by atoms with van der Waals surface area (Å²) in [5.74, 6) is 2.76. The lowest BCUT2D eigenvalue weighted by molar-refractivity contribution is 0.174. The molecule has 1 atom stereocenters. The van der Waals surface area contributed by atoms with E-state index < -0.39 is 0 Å². The van der Waals surface area contributed by atoms with Gasteiger partial charge < -0.3 is 19.2 Å². The van der Waals surface area contributed by atoms with E-state index in [1.54, 1.807) is 11.8 Å². The van der Waals surface area contributed by atoms with Crippen molar-refractivity contribution in [3.63, 3.8) is 0 Å². The monoisotopic (exact) mass is 488 g/mol. The summed E-state index contributed by atoms with van der Waals surface area (Å²) < 4.78 is 18.1. The molecule has 6 rings (SSSR count). The first-order valence-corrected chi connectivity index (χ1v) is 12.3. The topological polar surface area (TPSA) is 107 Å². The van der Waals surface area contributed by atoms with Gasteiger partial charge in [0.25, 0.3) is 5.56 Å². The van der Waals surface area contributed by atoms with Crippen molar-refractivity contribution in [1.82, 2.24) is 30.1 Å². The number of fused-ring (bicyclic) bond motifs is 2. The number of benzene rings is 2. The molecule has 0 radical (unpaired) electrons. The summed E-state index contributed by atoms with van der Waals surface area (Å²) >= 11 is 0. The van der Waals surface area contributed by atoms with Crippen LogP contribution in [0.5, 0.6) is 17.2 Å². The number of methoxy groups -OCH3 is 1. The van der Waals surface area contributed by atoms with E-state index >= 15 is 0 Å². The molecule has 0 saturated carbocycles. The fraction of sp³-hybridized carbons (Fsp3) is 0.385. The highest BCUT2D eigenvalue weighted by Crippen LogP contribution is 2.36. The number of aromatic amines is 1. The number of pyridine rings is 1. The van der Waals surface area contributed by atoms with E-state index in [1.165, 1.54) is 12.8 Å². The first-order chi connectivity index (χ1) is 17.7.